The fourth-order valence-corrected chi connectivity index (χ4v) is 4.07. The Labute approximate surface area is 138 Å². The molecule has 1 spiro atoms. The Balaban J connectivity index is 1.61. The summed E-state index contributed by atoms with van der Waals surface area (Å²) in [5.41, 5.74) is 1.53. The number of aromatic nitrogens is 2. The van der Waals surface area contributed by atoms with Crippen molar-refractivity contribution in [3.63, 3.8) is 0 Å². The Hall–Kier alpha value is -1.62. The minimum absolute atomic E-state index is 0.104. The zero-order valence-electron chi connectivity index (χ0n) is 14.4. The van der Waals surface area contributed by atoms with Gasteiger partial charge in [0.2, 0.25) is 5.91 Å². The van der Waals surface area contributed by atoms with Crippen molar-refractivity contribution in [1.29, 1.82) is 0 Å². The fraction of sp³-hybridized carbons (Fsp3) is 0.667. The Bertz CT molecular complexity index is 579. The minimum Gasteiger partial charge on any atom is -0.342 e. The first-order valence-electron chi connectivity index (χ1n) is 8.68. The number of carbonyl (C=O) groups is 1. The number of amides is 1. The quantitative estimate of drug-likeness (QED) is 0.857. The van der Waals surface area contributed by atoms with Gasteiger partial charge in [-0.2, -0.15) is 5.10 Å². The molecule has 5 nitrogen and oxygen atoms in total. The summed E-state index contributed by atoms with van der Waals surface area (Å²) in [6.07, 6.45) is 9.25. The average Bonchev–Trinajstić information content (AvgIpc) is 3.14. The molecular formula is C18H28N4O. The molecule has 2 saturated heterocycles. The summed E-state index contributed by atoms with van der Waals surface area (Å²) in [4.78, 5) is 17.0. The molecule has 0 bridgehead atoms. The van der Waals surface area contributed by atoms with E-state index in [0.717, 1.165) is 39.1 Å². The van der Waals surface area contributed by atoms with Gasteiger partial charge in [-0.3, -0.25) is 9.69 Å². The Morgan fingerprint density at radius 3 is 2.91 bits per heavy atom. The molecule has 2 aliphatic heterocycles. The van der Waals surface area contributed by atoms with E-state index in [0.29, 0.717) is 11.3 Å². The van der Waals surface area contributed by atoms with Gasteiger partial charge < -0.3 is 4.90 Å². The third-order valence-corrected chi connectivity index (χ3v) is 5.23. The molecule has 2 aliphatic rings. The maximum absolute atomic E-state index is 12.3. The molecule has 1 aromatic rings. The van der Waals surface area contributed by atoms with Crippen molar-refractivity contribution in [1.82, 2.24) is 19.6 Å². The molecule has 5 heteroatoms. The Morgan fingerprint density at radius 2 is 2.22 bits per heavy atom. The van der Waals surface area contributed by atoms with E-state index in [1.165, 1.54) is 18.4 Å². The molecule has 3 heterocycles. The van der Waals surface area contributed by atoms with Crippen LogP contribution < -0.4 is 0 Å². The summed E-state index contributed by atoms with van der Waals surface area (Å²) >= 11 is 0. The van der Waals surface area contributed by atoms with Crippen LogP contribution in [0.25, 0.3) is 6.20 Å². The van der Waals surface area contributed by atoms with Gasteiger partial charge in [0, 0.05) is 55.5 Å². The van der Waals surface area contributed by atoms with Gasteiger partial charge in [0.1, 0.15) is 0 Å². The van der Waals surface area contributed by atoms with Crippen LogP contribution in [0, 0.1) is 11.3 Å². The van der Waals surface area contributed by atoms with E-state index in [1.807, 2.05) is 26.2 Å². The van der Waals surface area contributed by atoms with Crippen LogP contribution in [0.1, 0.15) is 38.7 Å². The van der Waals surface area contributed by atoms with Gasteiger partial charge in [0.15, 0.2) is 0 Å². The zero-order chi connectivity index (χ0) is 16.4. The van der Waals surface area contributed by atoms with Crippen molar-refractivity contribution in [3.05, 3.63) is 24.5 Å². The summed E-state index contributed by atoms with van der Waals surface area (Å²) in [7, 11) is 0. The summed E-state index contributed by atoms with van der Waals surface area (Å²) in [6, 6.07) is 0. The van der Waals surface area contributed by atoms with E-state index in [2.05, 4.69) is 21.5 Å². The normalized spacial score (nSPS) is 25.4. The fourth-order valence-electron chi connectivity index (χ4n) is 4.07. The molecule has 0 saturated carbocycles. The maximum atomic E-state index is 12.3. The number of carbonyl (C=O) groups excluding carboxylic acids is 1. The van der Waals surface area contributed by atoms with Crippen LogP contribution in [-0.4, -0.2) is 51.7 Å². The Kier molecular flexibility index (Phi) is 4.57. The van der Waals surface area contributed by atoms with Gasteiger partial charge in [-0.1, -0.05) is 20.4 Å². The molecule has 3 rings (SSSR count). The molecule has 2 fully saturated rings. The predicted molar refractivity (Wildman–Crippen MR) is 91.6 cm³/mol. The second-order valence-corrected chi connectivity index (χ2v) is 7.49. The molecular weight excluding hydrogens is 288 g/mol. The van der Waals surface area contributed by atoms with Gasteiger partial charge in [-0.15, -0.1) is 0 Å². The lowest BCUT2D eigenvalue weighted by atomic mass is 9.79. The van der Waals surface area contributed by atoms with E-state index < -0.39 is 0 Å². The first-order valence-corrected chi connectivity index (χ1v) is 8.68. The summed E-state index contributed by atoms with van der Waals surface area (Å²) < 4.78 is 1.75. The van der Waals surface area contributed by atoms with Crippen LogP contribution >= 0.6 is 0 Å². The highest BCUT2D eigenvalue weighted by Crippen LogP contribution is 2.39. The van der Waals surface area contributed by atoms with Crippen LogP contribution in [0.5, 0.6) is 0 Å². The summed E-state index contributed by atoms with van der Waals surface area (Å²) in [6.45, 7) is 12.8. The molecule has 1 amide bonds. The third-order valence-electron chi connectivity index (χ3n) is 5.23. The van der Waals surface area contributed by atoms with E-state index in [-0.39, 0.29) is 5.92 Å². The van der Waals surface area contributed by atoms with Crippen molar-refractivity contribution < 1.29 is 4.79 Å². The Morgan fingerprint density at radius 1 is 1.39 bits per heavy atom. The van der Waals surface area contributed by atoms with Gasteiger partial charge in [-0.05, 0) is 25.8 Å². The summed E-state index contributed by atoms with van der Waals surface area (Å²) in [5.74, 6) is 0.419. The molecule has 0 radical (unpaired) electrons. The molecule has 0 unspecified atom stereocenters. The van der Waals surface area contributed by atoms with E-state index >= 15 is 0 Å². The number of hydrogen-bond acceptors (Lipinski definition) is 3. The van der Waals surface area contributed by atoms with Crippen LogP contribution in [0.15, 0.2) is 19.0 Å². The molecule has 0 aliphatic carbocycles. The van der Waals surface area contributed by atoms with E-state index in [1.54, 1.807) is 10.9 Å². The number of piperidine rings is 1. The topological polar surface area (TPSA) is 41.4 Å². The van der Waals surface area contributed by atoms with Gasteiger partial charge in [0.25, 0.3) is 0 Å². The monoisotopic (exact) mass is 316 g/mol. The average molecular weight is 316 g/mol. The van der Waals surface area contributed by atoms with Crippen LogP contribution in [-0.2, 0) is 11.3 Å². The first-order chi connectivity index (χ1) is 11.0. The third kappa shape index (κ3) is 3.50. The van der Waals surface area contributed by atoms with Crippen LogP contribution in [0.3, 0.4) is 0 Å². The largest absolute Gasteiger partial charge is 0.342 e. The lowest BCUT2D eigenvalue weighted by molar-refractivity contribution is -0.137. The lowest BCUT2D eigenvalue weighted by Crippen LogP contribution is -2.48. The van der Waals surface area contributed by atoms with Gasteiger partial charge in [-0.25, -0.2) is 4.68 Å². The molecule has 1 atom stereocenters. The number of nitrogens with zero attached hydrogens (tertiary/aromatic N) is 4. The molecule has 126 valence electrons. The zero-order valence-corrected chi connectivity index (χ0v) is 14.4. The number of rotatable bonds is 4. The maximum Gasteiger partial charge on any atom is 0.225 e. The van der Waals surface area contributed by atoms with Crippen molar-refractivity contribution in [2.45, 2.75) is 39.7 Å². The van der Waals surface area contributed by atoms with Gasteiger partial charge in [0.05, 0.1) is 6.20 Å². The minimum atomic E-state index is 0.104. The molecule has 1 aromatic heterocycles. The SMILES string of the molecule is C=Cn1cc(CN2CC[C@@]3(CCCN(C(=O)C(C)C)C3)C2)cn1. The molecule has 0 aromatic carbocycles. The number of likely N-dealkylation sites (tertiary alicyclic amines) is 2. The first kappa shape index (κ1) is 16.2. The lowest BCUT2D eigenvalue weighted by Gasteiger charge is -2.41. The van der Waals surface area contributed by atoms with Crippen LogP contribution in [0.4, 0.5) is 0 Å². The standard InChI is InChI=1S/C18H28N4O/c1-4-22-12-16(10-19-22)11-20-9-7-18(13-20)6-5-8-21(14-18)17(23)15(2)3/h4,10,12,15H,1,5-9,11,13-14H2,2-3H3/t18-/m0/s1. The smallest absolute Gasteiger partial charge is 0.225 e. The van der Waals surface area contributed by atoms with Crippen molar-refractivity contribution in [2.24, 2.45) is 11.3 Å². The molecule has 23 heavy (non-hydrogen) atoms. The van der Waals surface area contributed by atoms with E-state index in [9.17, 15) is 4.79 Å². The van der Waals surface area contributed by atoms with E-state index in [4.69, 9.17) is 0 Å². The van der Waals surface area contributed by atoms with Crippen molar-refractivity contribution >= 4 is 12.1 Å². The second-order valence-electron chi connectivity index (χ2n) is 7.49. The highest BCUT2D eigenvalue weighted by atomic mass is 16.2. The van der Waals surface area contributed by atoms with Crippen molar-refractivity contribution in [3.8, 4) is 0 Å². The highest BCUT2D eigenvalue weighted by Gasteiger charge is 2.42. The number of hydrogen-bond donors (Lipinski definition) is 0. The molecule has 0 N–H and O–H groups in total. The van der Waals surface area contributed by atoms with Crippen LogP contribution in [0.2, 0.25) is 0 Å². The predicted octanol–water partition coefficient (Wildman–Crippen LogP) is 2.45. The highest BCUT2D eigenvalue weighted by molar-refractivity contribution is 5.78. The summed E-state index contributed by atoms with van der Waals surface area (Å²) in [5, 5.41) is 4.25. The van der Waals surface area contributed by atoms with Crippen molar-refractivity contribution in [2.75, 3.05) is 26.2 Å². The second kappa shape index (κ2) is 6.48. The van der Waals surface area contributed by atoms with Gasteiger partial charge >= 0.3 is 0 Å².